The Bertz CT molecular complexity index is 550. The number of nitrogens with zero attached hydrogens (tertiary/aromatic N) is 3. The molecule has 1 aliphatic heterocycles. The third-order valence-corrected chi connectivity index (χ3v) is 5.13. The van der Waals surface area contributed by atoms with Gasteiger partial charge in [0.25, 0.3) is 0 Å². The molecule has 0 saturated carbocycles. The summed E-state index contributed by atoms with van der Waals surface area (Å²) in [6.07, 6.45) is 12.5. The molecule has 0 aliphatic carbocycles. The minimum atomic E-state index is 0.682. The predicted molar refractivity (Wildman–Crippen MR) is 95.4 cm³/mol. The van der Waals surface area contributed by atoms with E-state index in [9.17, 15) is 0 Å². The first-order valence-electron chi connectivity index (χ1n) is 9.06. The Morgan fingerprint density at radius 3 is 2.87 bits per heavy atom. The maximum absolute atomic E-state index is 4.17. The van der Waals surface area contributed by atoms with Gasteiger partial charge in [-0.05, 0) is 50.3 Å². The van der Waals surface area contributed by atoms with Gasteiger partial charge in [-0.15, -0.1) is 0 Å². The molecule has 0 amide bonds. The molecule has 3 nitrogen and oxygen atoms in total. The molecule has 3 rings (SSSR count). The number of imidazole rings is 1. The van der Waals surface area contributed by atoms with Crippen molar-refractivity contribution < 1.29 is 0 Å². The van der Waals surface area contributed by atoms with Gasteiger partial charge in [-0.2, -0.15) is 0 Å². The Morgan fingerprint density at radius 2 is 2.09 bits per heavy atom. The second-order valence-corrected chi connectivity index (χ2v) is 6.93. The number of piperidine rings is 1. The lowest BCUT2D eigenvalue weighted by Crippen LogP contribution is -2.45. The molecule has 1 aromatic carbocycles. The molecule has 2 heterocycles. The highest BCUT2D eigenvalue weighted by molar-refractivity contribution is 5.14. The van der Waals surface area contributed by atoms with Crippen molar-refractivity contribution >= 4 is 0 Å². The van der Waals surface area contributed by atoms with Crippen LogP contribution in [0.25, 0.3) is 0 Å². The van der Waals surface area contributed by atoms with Gasteiger partial charge >= 0.3 is 0 Å². The van der Waals surface area contributed by atoms with Gasteiger partial charge in [-0.25, -0.2) is 4.98 Å². The van der Waals surface area contributed by atoms with E-state index in [-0.39, 0.29) is 0 Å². The topological polar surface area (TPSA) is 21.1 Å². The summed E-state index contributed by atoms with van der Waals surface area (Å²) in [5, 5.41) is 0. The third-order valence-electron chi connectivity index (χ3n) is 5.13. The minimum Gasteiger partial charge on any atom is -0.337 e. The second-order valence-electron chi connectivity index (χ2n) is 6.93. The smallest absolute Gasteiger partial charge is 0.0946 e. The molecule has 0 bridgehead atoms. The fraction of sp³-hybridized carbons (Fsp3) is 0.550. The van der Waals surface area contributed by atoms with Gasteiger partial charge in [0, 0.05) is 25.0 Å². The molecule has 1 fully saturated rings. The molecule has 2 aromatic rings. The van der Waals surface area contributed by atoms with E-state index in [1.54, 1.807) is 0 Å². The average molecular weight is 311 g/mol. The average Bonchev–Trinajstić information content (AvgIpc) is 3.09. The first-order valence-corrected chi connectivity index (χ1v) is 9.06. The van der Waals surface area contributed by atoms with Crippen molar-refractivity contribution in [1.82, 2.24) is 14.5 Å². The molecular formula is C20H29N3. The van der Waals surface area contributed by atoms with Gasteiger partial charge < -0.3 is 9.47 Å². The fourth-order valence-corrected chi connectivity index (χ4v) is 3.92. The lowest BCUT2D eigenvalue weighted by atomic mass is 9.91. The van der Waals surface area contributed by atoms with Crippen molar-refractivity contribution in [1.29, 1.82) is 0 Å². The summed E-state index contributed by atoms with van der Waals surface area (Å²) in [7, 11) is 0. The molecule has 1 aliphatic rings. The van der Waals surface area contributed by atoms with E-state index in [2.05, 4.69) is 57.9 Å². The van der Waals surface area contributed by atoms with Crippen LogP contribution in [0.1, 0.15) is 38.2 Å². The normalized spacial score (nSPS) is 20.5. The number of hydrogen-bond acceptors (Lipinski definition) is 2. The van der Waals surface area contributed by atoms with E-state index in [4.69, 9.17) is 0 Å². The number of aromatic nitrogens is 2. The zero-order valence-electron chi connectivity index (χ0n) is 14.3. The predicted octanol–water partition coefficient (Wildman–Crippen LogP) is 4.01. The van der Waals surface area contributed by atoms with E-state index in [0.717, 1.165) is 12.6 Å². The van der Waals surface area contributed by atoms with Gasteiger partial charge in [0.1, 0.15) is 0 Å². The monoisotopic (exact) mass is 311 g/mol. The van der Waals surface area contributed by atoms with Gasteiger partial charge in [-0.1, -0.05) is 43.7 Å². The van der Waals surface area contributed by atoms with Crippen molar-refractivity contribution in [3.63, 3.8) is 0 Å². The quantitative estimate of drug-likeness (QED) is 0.770. The summed E-state index contributed by atoms with van der Waals surface area (Å²) >= 11 is 0. The van der Waals surface area contributed by atoms with Crippen LogP contribution in [0.5, 0.6) is 0 Å². The highest BCUT2D eigenvalue weighted by atomic mass is 15.2. The Morgan fingerprint density at radius 1 is 1.22 bits per heavy atom. The van der Waals surface area contributed by atoms with Crippen LogP contribution >= 0.6 is 0 Å². The second kappa shape index (κ2) is 8.30. The van der Waals surface area contributed by atoms with Crippen LogP contribution in [0.3, 0.4) is 0 Å². The molecule has 0 spiro atoms. The first kappa shape index (κ1) is 16.3. The van der Waals surface area contributed by atoms with Crippen LogP contribution < -0.4 is 0 Å². The summed E-state index contributed by atoms with van der Waals surface area (Å²) in [6.45, 7) is 5.99. The van der Waals surface area contributed by atoms with E-state index in [1.165, 1.54) is 50.8 Å². The van der Waals surface area contributed by atoms with Crippen LogP contribution in [0.4, 0.5) is 0 Å². The zero-order chi connectivity index (χ0) is 15.9. The SMILES string of the molecule is CC(Cn1ccnc1)C1CCCCN1CCCc1ccccc1. The Kier molecular flexibility index (Phi) is 5.87. The molecule has 3 heteroatoms. The van der Waals surface area contributed by atoms with Crippen LogP contribution in [0.2, 0.25) is 0 Å². The fourth-order valence-electron chi connectivity index (χ4n) is 3.92. The first-order chi connectivity index (χ1) is 11.3. The van der Waals surface area contributed by atoms with E-state index < -0.39 is 0 Å². The van der Waals surface area contributed by atoms with Crippen LogP contribution in [0.15, 0.2) is 49.1 Å². The zero-order valence-corrected chi connectivity index (χ0v) is 14.3. The number of aryl methyl sites for hydroxylation is 1. The minimum absolute atomic E-state index is 0.682. The molecule has 23 heavy (non-hydrogen) atoms. The van der Waals surface area contributed by atoms with E-state index >= 15 is 0 Å². The van der Waals surface area contributed by atoms with Crippen molar-refractivity contribution in [2.75, 3.05) is 13.1 Å². The highest BCUT2D eigenvalue weighted by Crippen LogP contribution is 2.25. The molecule has 0 N–H and O–H groups in total. The number of benzene rings is 1. The van der Waals surface area contributed by atoms with Gasteiger partial charge in [0.15, 0.2) is 0 Å². The Labute approximate surface area is 140 Å². The molecule has 1 saturated heterocycles. The van der Waals surface area contributed by atoms with Gasteiger partial charge in [-0.3, -0.25) is 0 Å². The van der Waals surface area contributed by atoms with E-state index in [0.29, 0.717) is 5.92 Å². The molecule has 2 atom stereocenters. The maximum atomic E-state index is 4.17. The summed E-state index contributed by atoms with van der Waals surface area (Å²) in [5.74, 6) is 0.682. The van der Waals surface area contributed by atoms with Gasteiger partial charge in [0.2, 0.25) is 0 Å². The molecule has 124 valence electrons. The van der Waals surface area contributed by atoms with Crippen LogP contribution in [0, 0.1) is 5.92 Å². The van der Waals surface area contributed by atoms with Crippen molar-refractivity contribution in [2.45, 2.75) is 51.6 Å². The maximum Gasteiger partial charge on any atom is 0.0946 e. The molecule has 2 unspecified atom stereocenters. The lowest BCUT2D eigenvalue weighted by molar-refractivity contribution is 0.0972. The number of hydrogen-bond donors (Lipinski definition) is 0. The van der Waals surface area contributed by atoms with E-state index in [1.807, 2.05) is 12.5 Å². The third kappa shape index (κ3) is 4.68. The van der Waals surface area contributed by atoms with Crippen LogP contribution in [-0.2, 0) is 13.0 Å². The summed E-state index contributed by atoms with van der Waals surface area (Å²) in [4.78, 5) is 6.92. The summed E-state index contributed by atoms with van der Waals surface area (Å²) in [6, 6.07) is 11.6. The summed E-state index contributed by atoms with van der Waals surface area (Å²) < 4.78 is 2.22. The number of likely N-dealkylation sites (tertiary alicyclic amines) is 1. The molecular weight excluding hydrogens is 282 g/mol. The van der Waals surface area contributed by atoms with Gasteiger partial charge in [0.05, 0.1) is 6.33 Å². The molecule has 0 radical (unpaired) electrons. The van der Waals surface area contributed by atoms with Crippen molar-refractivity contribution in [3.05, 3.63) is 54.6 Å². The standard InChI is InChI=1S/C20H29N3/c1-18(16-22-15-12-21-17-22)20-11-5-6-13-23(20)14-7-10-19-8-3-2-4-9-19/h2-4,8-9,12,15,17-18,20H,5-7,10-11,13-14,16H2,1H3. The van der Waals surface area contributed by atoms with Crippen molar-refractivity contribution in [2.24, 2.45) is 5.92 Å². The highest BCUT2D eigenvalue weighted by Gasteiger charge is 2.26. The summed E-state index contributed by atoms with van der Waals surface area (Å²) in [5.41, 5.74) is 1.47. The molecule has 1 aromatic heterocycles. The van der Waals surface area contributed by atoms with Crippen molar-refractivity contribution in [3.8, 4) is 0 Å². The Hall–Kier alpha value is -1.61. The Balaban J connectivity index is 1.51. The largest absolute Gasteiger partial charge is 0.337 e. The van der Waals surface area contributed by atoms with Crippen LogP contribution in [-0.4, -0.2) is 33.6 Å². The number of rotatable bonds is 7. The lowest BCUT2D eigenvalue weighted by Gasteiger charge is -2.39.